The van der Waals surface area contributed by atoms with Gasteiger partial charge in [-0.15, -0.1) is 11.3 Å². The Morgan fingerprint density at radius 2 is 1.93 bits per heavy atom. The van der Waals surface area contributed by atoms with E-state index >= 15 is 0 Å². The van der Waals surface area contributed by atoms with Crippen LogP contribution in [-0.4, -0.2) is 29.4 Å². The maximum Gasteiger partial charge on any atom is 0.312 e. The number of nitrogens with zero attached hydrogens (tertiary/aromatic N) is 1. The van der Waals surface area contributed by atoms with E-state index in [1.807, 2.05) is 29.1 Å². The molecule has 3 aromatic rings. The van der Waals surface area contributed by atoms with Crippen LogP contribution in [0.5, 0.6) is 5.75 Å². The Morgan fingerprint density at radius 1 is 1.15 bits per heavy atom. The lowest BCUT2D eigenvalue weighted by atomic mass is 10.1. The van der Waals surface area contributed by atoms with Gasteiger partial charge in [0.05, 0.1) is 18.7 Å². The molecule has 2 aromatic heterocycles. The van der Waals surface area contributed by atoms with Gasteiger partial charge in [0.15, 0.2) is 6.10 Å². The molecule has 0 aliphatic heterocycles. The zero-order valence-corrected chi connectivity index (χ0v) is 16.6. The maximum atomic E-state index is 12.4. The summed E-state index contributed by atoms with van der Waals surface area (Å²) in [5.74, 6) is -0.0174. The van der Waals surface area contributed by atoms with Crippen molar-refractivity contribution in [1.29, 1.82) is 0 Å². The van der Waals surface area contributed by atoms with Gasteiger partial charge in [-0.05, 0) is 49.6 Å². The molecule has 3 rings (SSSR count). The molecule has 0 amide bonds. The first-order chi connectivity index (χ1) is 13.1. The van der Waals surface area contributed by atoms with E-state index in [4.69, 9.17) is 9.47 Å². The standard InChI is InChI=1S/C20H19NO4S2/c1-3-24-17-6-4-14(5-7-17)19(23)13(2)25-18(22)10-16-12-27-20(21-16)15-8-9-26-11-15/h4-9,11-13H,3,10H2,1-2H3/t13-/m0/s1. The number of carbonyl (C=O) groups excluding carboxylic acids is 2. The highest BCUT2D eigenvalue weighted by Crippen LogP contribution is 2.26. The van der Waals surface area contributed by atoms with Crippen LogP contribution in [-0.2, 0) is 16.0 Å². The Morgan fingerprint density at radius 3 is 2.59 bits per heavy atom. The molecule has 1 atom stereocenters. The summed E-state index contributed by atoms with van der Waals surface area (Å²) in [7, 11) is 0. The topological polar surface area (TPSA) is 65.5 Å². The number of Topliss-reactive ketones (excluding diaryl/α,β-unsaturated/α-hetero) is 1. The fourth-order valence-electron chi connectivity index (χ4n) is 2.46. The van der Waals surface area contributed by atoms with E-state index in [-0.39, 0.29) is 12.2 Å². The molecule has 0 spiro atoms. The van der Waals surface area contributed by atoms with Crippen LogP contribution in [0, 0.1) is 0 Å². The number of rotatable bonds is 8. The van der Waals surface area contributed by atoms with Crippen LogP contribution in [0.1, 0.15) is 29.9 Å². The normalized spacial score (nSPS) is 11.8. The Hall–Kier alpha value is -2.51. The van der Waals surface area contributed by atoms with Crippen molar-refractivity contribution in [2.75, 3.05) is 6.61 Å². The molecule has 2 heterocycles. The van der Waals surface area contributed by atoms with Crippen molar-refractivity contribution in [3.63, 3.8) is 0 Å². The molecular weight excluding hydrogens is 382 g/mol. The first-order valence-corrected chi connectivity index (χ1v) is 10.3. The zero-order valence-electron chi connectivity index (χ0n) is 15.0. The fraction of sp³-hybridized carbons (Fsp3) is 0.250. The van der Waals surface area contributed by atoms with E-state index in [0.717, 1.165) is 10.6 Å². The molecule has 0 saturated carbocycles. The van der Waals surface area contributed by atoms with E-state index in [2.05, 4.69) is 4.98 Å². The number of ketones is 1. The molecule has 1 aromatic carbocycles. The monoisotopic (exact) mass is 401 g/mol. The highest BCUT2D eigenvalue weighted by atomic mass is 32.1. The first-order valence-electron chi connectivity index (χ1n) is 8.50. The number of hydrogen-bond acceptors (Lipinski definition) is 7. The van der Waals surface area contributed by atoms with Gasteiger partial charge in [0.1, 0.15) is 10.8 Å². The van der Waals surface area contributed by atoms with Crippen LogP contribution in [0.15, 0.2) is 46.5 Å². The molecule has 0 radical (unpaired) electrons. The van der Waals surface area contributed by atoms with Crippen LogP contribution in [0.2, 0.25) is 0 Å². The smallest absolute Gasteiger partial charge is 0.312 e. The van der Waals surface area contributed by atoms with Gasteiger partial charge in [0.25, 0.3) is 0 Å². The van der Waals surface area contributed by atoms with E-state index in [0.29, 0.717) is 23.6 Å². The largest absolute Gasteiger partial charge is 0.494 e. The van der Waals surface area contributed by atoms with Crippen LogP contribution in [0.25, 0.3) is 10.6 Å². The minimum absolute atomic E-state index is 0.0432. The summed E-state index contributed by atoms with van der Waals surface area (Å²) in [5, 5.41) is 6.71. The van der Waals surface area contributed by atoms with Gasteiger partial charge in [-0.1, -0.05) is 0 Å². The van der Waals surface area contributed by atoms with E-state index in [1.165, 1.54) is 11.3 Å². The molecule has 0 unspecified atom stereocenters. The second-order valence-corrected chi connectivity index (χ2v) is 7.42. The average molecular weight is 402 g/mol. The SMILES string of the molecule is CCOc1ccc(C(=O)[C@H](C)OC(=O)Cc2csc(-c3ccsc3)n2)cc1. The highest BCUT2D eigenvalue weighted by molar-refractivity contribution is 7.14. The molecule has 7 heteroatoms. The second kappa shape index (κ2) is 8.92. The van der Waals surface area contributed by atoms with Crippen molar-refractivity contribution < 1.29 is 19.1 Å². The molecule has 0 fully saturated rings. The predicted molar refractivity (Wildman–Crippen MR) is 107 cm³/mol. The lowest BCUT2D eigenvalue weighted by molar-refractivity contribution is -0.145. The molecule has 5 nitrogen and oxygen atoms in total. The van der Waals surface area contributed by atoms with Gasteiger partial charge in [-0.2, -0.15) is 11.3 Å². The fourth-order valence-corrected chi connectivity index (χ4v) is 4.00. The summed E-state index contributed by atoms with van der Waals surface area (Å²) in [6.45, 7) is 4.03. The molecule has 27 heavy (non-hydrogen) atoms. The Balaban J connectivity index is 1.56. The quantitative estimate of drug-likeness (QED) is 0.407. The van der Waals surface area contributed by atoms with Gasteiger partial charge in [-0.3, -0.25) is 9.59 Å². The van der Waals surface area contributed by atoms with E-state index in [9.17, 15) is 9.59 Å². The van der Waals surface area contributed by atoms with Gasteiger partial charge in [0, 0.05) is 21.9 Å². The van der Waals surface area contributed by atoms with Crippen LogP contribution >= 0.6 is 22.7 Å². The average Bonchev–Trinajstić information content (AvgIpc) is 3.33. The summed E-state index contributed by atoms with van der Waals surface area (Å²) in [5.41, 5.74) is 2.17. The number of hydrogen-bond donors (Lipinski definition) is 0. The third kappa shape index (κ3) is 5.02. The van der Waals surface area contributed by atoms with Gasteiger partial charge in [0.2, 0.25) is 5.78 Å². The maximum absolute atomic E-state index is 12.4. The van der Waals surface area contributed by atoms with E-state index in [1.54, 1.807) is 42.5 Å². The zero-order chi connectivity index (χ0) is 19.2. The van der Waals surface area contributed by atoms with Crippen molar-refractivity contribution in [2.24, 2.45) is 0 Å². The third-order valence-corrected chi connectivity index (χ3v) is 5.40. The van der Waals surface area contributed by atoms with Crippen molar-refractivity contribution in [3.05, 3.63) is 57.7 Å². The summed E-state index contributed by atoms with van der Waals surface area (Å²) in [6.07, 6.45) is -0.813. The number of carbonyl (C=O) groups is 2. The number of thiazole rings is 1. The molecule has 140 valence electrons. The lowest BCUT2D eigenvalue weighted by Gasteiger charge is -2.12. The first kappa shape index (κ1) is 19.3. The number of benzene rings is 1. The van der Waals surface area contributed by atoms with Crippen LogP contribution in [0.3, 0.4) is 0 Å². The molecular formula is C20H19NO4S2. The van der Waals surface area contributed by atoms with Gasteiger partial charge in [-0.25, -0.2) is 4.98 Å². The van der Waals surface area contributed by atoms with Crippen molar-refractivity contribution in [1.82, 2.24) is 4.98 Å². The Labute approximate surface area is 165 Å². The van der Waals surface area contributed by atoms with Crippen LogP contribution < -0.4 is 4.74 Å². The summed E-state index contributed by atoms with van der Waals surface area (Å²) in [6, 6.07) is 8.79. The van der Waals surface area contributed by atoms with Crippen molar-refractivity contribution >= 4 is 34.4 Å². The minimum Gasteiger partial charge on any atom is -0.494 e. The number of aromatic nitrogens is 1. The van der Waals surface area contributed by atoms with Crippen molar-refractivity contribution in [3.8, 4) is 16.3 Å². The second-order valence-electron chi connectivity index (χ2n) is 5.79. The van der Waals surface area contributed by atoms with Gasteiger partial charge < -0.3 is 9.47 Å². The van der Waals surface area contributed by atoms with Gasteiger partial charge >= 0.3 is 5.97 Å². The summed E-state index contributed by atoms with van der Waals surface area (Å²) >= 11 is 3.09. The highest BCUT2D eigenvalue weighted by Gasteiger charge is 2.20. The molecule has 0 N–H and O–H groups in total. The molecule has 0 bridgehead atoms. The number of ether oxygens (including phenoxy) is 2. The molecule has 0 aliphatic carbocycles. The lowest BCUT2D eigenvalue weighted by Crippen LogP contribution is -2.25. The predicted octanol–water partition coefficient (Wildman–Crippen LogP) is 4.63. The third-order valence-electron chi connectivity index (χ3n) is 3.77. The number of esters is 1. The van der Waals surface area contributed by atoms with Crippen LogP contribution in [0.4, 0.5) is 0 Å². The Bertz CT molecular complexity index is 900. The number of thiophene rings is 1. The van der Waals surface area contributed by atoms with E-state index < -0.39 is 12.1 Å². The van der Waals surface area contributed by atoms with Crippen molar-refractivity contribution in [2.45, 2.75) is 26.4 Å². The minimum atomic E-state index is -0.856. The summed E-state index contributed by atoms with van der Waals surface area (Å²) in [4.78, 5) is 29.1. The Kier molecular flexibility index (Phi) is 6.36. The summed E-state index contributed by atoms with van der Waals surface area (Å²) < 4.78 is 10.7. The molecule has 0 saturated heterocycles. The molecule has 0 aliphatic rings.